The lowest BCUT2D eigenvalue weighted by Crippen LogP contribution is -2.19. The Kier molecular flexibility index (Phi) is 2.91. The Labute approximate surface area is 99.5 Å². The number of alkyl carbamates (subject to hydrolysis) is 1. The molecule has 1 amide bonds. The molecule has 0 saturated carbocycles. The standard InChI is InChI=1S/C10H7ClF3NO2/c11-8-5(7-4-17-9(16)15-7)2-1-3-6(8)10(12,13)14/h1-3,7H,4H2,(H,15,16)/t7-/m1/s1. The number of cyclic esters (lactones) is 1. The lowest BCUT2D eigenvalue weighted by molar-refractivity contribution is -0.137. The van der Waals surface area contributed by atoms with Crippen molar-refractivity contribution in [3.63, 3.8) is 0 Å². The topological polar surface area (TPSA) is 38.3 Å². The van der Waals surface area contributed by atoms with E-state index in [1.54, 1.807) is 0 Å². The Bertz CT molecular complexity index is 461. The maximum atomic E-state index is 12.6. The number of rotatable bonds is 1. The van der Waals surface area contributed by atoms with Crippen LogP contribution in [-0.2, 0) is 10.9 Å². The van der Waals surface area contributed by atoms with Crippen molar-refractivity contribution in [1.82, 2.24) is 5.32 Å². The van der Waals surface area contributed by atoms with Gasteiger partial charge in [0.2, 0.25) is 0 Å². The fourth-order valence-corrected chi connectivity index (χ4v) is 1.95. The fraction of sp³-hybridized carbons (Fsp3) is 0.300. The second-order valence-corrected chi connectivity index (χ2v) is 3.88. The maximum absolute atomic E-state index is 12.6. The van der Waals surface area contributed by atoms with Gasteiger partial charge in [-0.05, 0) is 11.6 Å². The first-order valence-corrected chi connectivity index (χ1v) is 5.06. The summed E-state index contributed by atoms with van der Waals surface area (Å²) in [6.07, 6.45) is -5.18. The molecular formula is C10H7ClF3NO2. The van der Waals surface area contributed by atoms with Crippen molar-refractivity contribution in [3.8, 4) is 0 Å². The lowest BCUT2D eigenvalue weighted by atomic mass is 10.0. The Morgan fingerprint density at radius 1 is 1.41 bits per heavy atom. The zero-order valence-corrected chi connectivity index (χ0v) is 9.10. The first-order chi connectivity index (χ1) is 7.89. The lowest BCUT2D eigenvalue weighted by Gasteiger charge is -2.15. The fourth-order valence-electron chi connectivity index (χ4n) is 1.59. The minimum atomic E-state index is -4.52. The molecule has 1 atom stereocenters. The summed E-state index contributed by atoms with van der Waals surface area (Å²) in [4.78, 5) is 10.8. The minimum absolute atomic E-state index is 0.0279. The Hall–Kier alpha value is -1.43. The molecule has 1 N–H and O–H groups in total. The second kappa shape index (κ2) is 4.10. The van der Waals surface area contributed by atoms with Crippen LogP contribution in [0.1, 0.15) is 17.2 Å². The first-order valence-electron chi connectivity index (χ1n) is 4.68. The number of alkyl halides is 3. The molecule has 0 aromatic heterocycles. The highest BCUT2D eigenvalue weighted by atomic mass is 35.5. The van der Waals surface area contributed by atoms with E-state index in [2.05, 4.69) is 10.1 Å². The van der Waals surface area contributed by atoms with Crippen LogP contribution in [0.3, 0.4) is 0 Å². The normalized spacial score (nSPS) is 20.0. The van der Waals surface area contributed by atoms with Crippen LogP contribution in [0.15, 0.2) is 18.2 Å². The predicted octanol–water partition coefficient (Wildman–Crippen LogP) is 3.14. The highest BCUT2D eigenvalue weighted by molar-refractivity contribution is 6.32. The van der Waals surface area contributed by atoms with Crippen molar-refractivity contribution in [3.05, 3.63) is 34.3 Å². The van der Waals surface area contributed by atoms with Gasteiger partial charge in [-0.15, -0.1) is 0 Å². The summed E-state index contributed by atoms with van der Waals surface area (Å²) in [5.74, 6) is 0. The summed E-state index contributed by atoms with van der Waals surface area (Å²) >= 11 is 5.69. The molecule has 1 fully saturated rings. The van der Waals surface area contributed by atoms with Gasteiger partial charge in [0.25, 0.3) is 0 Å². The third-order valence-corrected chi connectivity index (χ3v) is 2.80. The van der Waals surface area contributed by atoms with E-state index in [0.29, 0.717) is 0 Å². The van der Waals surface area contributed by atoms with Gasteiger partial charge >= 0.3 is 12.3 Å². The van der Waals surface area contributed by atoms with Gasteiger partial charge < -0.3 is 10.1 Å². The van der Waals surface area contributed by atoms with E-state index in [0.717, 1.165) is 6.07 Å². The number of carbonyl (C=O) groups excluding carboxylic acids is 1. The molecule has 0 aliphatic carbocycles. The van der Waals surface area contributed by atoms with Crippen LogP contribution in [0, 0.1) is 0 Å². The van der Waals surface area contributed by atoms with Gasteiger partial charge in [0.05, 0.1) is 16.6 Å². The van der Waals surface area contributed by atoms with Gasteiger partial charge in [-0.2, -0.15) is 13.2 Å². The Balaban J connectivity index is 2.39. The third-order valence-electron chi connectivity index (χ3n) is 2.38. The van der Waals surface area contributed by atoms with E-state index in [9.17, 15) is 18.0 Å². The maximum Gasteiger partial charge on any atom is 0.417 e. The van der Waals surface area contributed by atoms with Crippen molar-refractivity contribution in [1.29, 1.82) is 0 Å². The van der Waals surface area contributed by atoms with Crippen molar-refractivity contribution >= 4 is 17.7 Å². The molecule has 1 aromatic rings. The molecular weight excluding hydrogens is 259 g/mol. The summed E-state index contributed by atoms with van der Waals surface area (Å²) in [7, 11) is 0. The number of carbonyl (C=O) groups is 1. The summed E-state index contributed by atoms with van der Waals surface area (Å²) in [6.45, 7) is -0.0279. The monoisotopic (exact) mass is 265 g/mol. The molecule has 0 bridgehead atoms. The molecule has 17 heavy (non-hydrogen) atoms. The predicted molar refractivity (Wildman–Crippen MR) is 53.7 cm³/mol. The molecule has 0 unspecified atom stereocenters. The van der Waals surface area contributed by atoms with Gasteiger partial charge in [0.1, 0.15) is 6.61 Å². The molecule has 1 saturated heterocycles. The van der Waals surface area contributed by atoms with E-state index in [1.165, 1.54) is 12.1 Å². The van der Waals surface area contributed by atoms with E-state index in [1.807, 2.05) is 0 Å². The van der Waals surface area contributed by atoms with Crippen LogP contribution in [-0.4, -0.2) is 12.7 Å². The van der Waals surface area contributed by atoms with Crippen molar-refractivity contribution in [2.75, 3.05) is 6.61 Å². The number of amides is 1. The molecule has 7 heteroatoms. The van der Waals surface area contributed by atoms with Crippen molar-refractivity contribution in [2.24, 2.45) is 0 Å². The van der Waals surface area contributed by atoms with Crippen LogP contribution in [0.25, 0.3) is 0 Å². The number of hydrogen-bond acceptors (Lipinski definition) is 2. The van der Waals surface area contributed by atoms with Gasteiger partial charge in [-0.25, -0.2) is 4.79 Å². The number of nitrogens with one attached hydrogen (secondary N) is 1. The van der Waals surface area contributed by atoms with Crippen LogP contribution >= 0.6 is 11.6 Å². The van der Waals surface area contributed by atoms with E-state index in [-0.39, 0.29) is 12.2 Å². The Morgan fingerprint density at radius 3 is 2.65 bits per heavy atom. The van der Waals surface area contributed by atoms with Crippen LogP contribution in [0.4, 0.5) is 18.0 Å². The smallest absolute Gasteiger partial charge is 0.417 e. The van der Waals surface area contributed by atoms with Crippen molar-refractivity contribution < 1.29 is 22.7 Å². The average Bonchev–Trinajstić information content (AvgIpc) is 2.63. The third kappa shape index (κ3) is 2.31. The second-order valence-electron chi connectivity index (χ2n) is 3.50. The largest absolute Gasteiger partial charge is 0.447 e. The summed E-state index contributed by atoms with van der Waals surface area (Å²) in [5, 5.41) is 1.97. The molecule has 3 nitrogen and oxygen atoms in total. The van der Waals surface area contributed by atoms with Crippen LogP contribution in [0.2, 0.25) is 5.02 Å². The molecule has 1 aliphatic rings. The zero-order valence-electron chi connectivity index (χ0n) is 8.34. The van der Waals surface area contributed by atoms with E-state index in [4.69, 9.17) is 11.6 Å². The van der Waals surface area contributed by atoms with Crippen molar-refractivity contribution in [2.45, 2.75) is 12.2 Å². The zero-order chi connectivity index (χ0) is 12.6. The molecule has 1 heterocycles. The summed E-state index contributed by atoms with van der Waals surface area (Å²) in [6, 6.07) is 2.92. The molecule has 0 spiro atoms. The molecule has 0 radical (unpaired) electrons. The number of hydrogen-bond donors (Lipinski definition) is 1. The van der Waals surface area contributed by atoms with Crippen LogP contribution in [0.5, 0.6) is 0 Å². The van der Waals surface area contributed by atoms with Gasteiger partial charge in [0, 0.05) is 0 Å². The van der Waals surface area contributed by atoms with E-state index < -0.39 is 28.9 Å². The van der Waals surface area contributed by atoms with Gasteiger partial charge in [-0.3, -0.25) is 0 Å². The molecule has 2 rings (SSSR count). The summed E-state index contributed by atoms with van der Waals surface area (Å²) < 4.78 is 42.4. The molecule has 92 valence electrons. The molecule has 1 aliphatic heterocycles. The number of ether oxygens (including phenoxy) is 1. The SMILES string of the molecule is O=C1N[C@@H](c2cccc(C(F)(F)F)c2Cl)CO1. The van der Waals surface area contributed by atoms with Gasteiger partial charge in [-0.1, -0.05) is 23.7 Å². The summed E-state index contributed by atoms with van der Waals surface area (Å²) in [5.41, 5.74) is -0.717. The number of benzene rings is 1. The first kappa shape index (κ1) is 12.0. The highest BCUT2D eigenvalue weighted by Crippen LogP contribution is 2.38. The minimum Gasteiger partial charge on any atom is -0.447 e. The quantitative estimate of drug-likeness (QED) is 0.847. The highest BCUT2D eigenvalue weighted by Gasteiger charge is 2.36. The van der Waals surface area contributed by atoms with Crippen LogP contribution < -0.4 is 5.32 Å². The number of halogens is 4. The van der Waals surface area contributed by atoms with Gasteiger partial charge in [0.15, 0.2) is 0 Å². The Morgan fingerprint density at radius 2 is 2.12 bits per heavy atom. The van der Waals surface area contributed by atoms with E-state index >= 15 is 0 Å². The average molecular weight is 266 g/mol. The molecule has 1 aromatic carbocycles.